The number of rotatable bonds is 12. The second-order valence-corrected chi connectivity index (χ2v) is 17.8. The first-order valence-electron chi connectivity index (χ1n) is 20.3. The molecule has 1 atom stereocenters. The van der Waals surface area contributed by atoms with Crippen molar-refractivity contribution in [1.29, 1.82) is 0 Å². The molecule has 1 N–H and O–H groups in total. The molecule has 0 spiro atoms. The van der Waals surface area contributed by atoms with Gasteiger partial charge in [0.2, 0.25) is 11.8 Å². The first-order chi connectivity index (χ1) is 28.2. The second kappa shape index (κ2) is 16.3. The zero-order chi connectivity index (χ0) is 39.9. The largest absolute Gasteiger partial charge is 0.494 e. The van der Waals surface area contributed by atoms with Crippen LogP contribution in [0.4, 0.5) is 5.69 Å². The maximum atomic E-state index is 13.3. The van der Waals surface area contributed by atoms with Crippen molar-refractivity contribution in [1.82, 2.24) is 15.1 Å². The van der Waals surface area contributed by atoms with Crippen molar-refractivity contribution in [3.05, 3.63) is 106 Å². The number of nitrogens with zero attached hydrogens (tertiary/aromatic N) is 3. The third kappa shape index (κ3) is 7.65. The quantitative estimate of drug-likeness (QED) is 0.0979. The second-order valence-electron chi connectivity index (χ2n) is 15.8. The van der Waals surface area contributed by atoms with Crippen LogP contribution < -0.4 is 19.7 Å². The maximum Gasteiger partial charge on any atom is 0.262 e. The zero-order valence-corrected chi connectivity index (χ0v) is 34.8. The van der Waals surface area contributed by atoms with Gasteiger partial charge in [-0.1, -0.05) is 53.5 Å². The van der Waals surface area contributed by atoms with Crippen molar-refractivity contribution < 1.29 is 28.7 Å². The highest BCUT2D eigenvalue weighted by atomic mass is 79.9. The Bertz CT molecular complexity index is 2380. The third-order valence-electron chi connectivity index (χ3n) is 11.9. The minimum Gasteiger partial charge on any atom is -0.494 e. The van der Waals surface area contributed by atoms with Gasteiger partial charge in [0.05, 0.1) is 22.6 Å². The number of hydrogen-bond donors (Lipinski definition) is 1. The van der Waals surface area contributed by atoms with Crippen molar-refractivity contribution in [3.8, 4) is 27.7 Å². The summed E-state index contributed by atoms with van der Waals surface area (Å²) in [5.74, 6) is 1.68. The molecule has 58 heavy (non-hydrogen) atoms. The van der Waals surface area contributed by atoms with Crippen LogP contribution in [0.25, 0.3) is 20.5 Å². The number of carbonyl (C=O) groups excluding carboxylic acids is 4. The van der Waals surface area contributed by atoms with E-state index in [4.69, 9.17) is 9.47 Å². The Morgan fingerprint density at radius 3 is 2.31 bits per heavy atom. The lowest BCUT2D eigenvalue weighted by molar-refractivity contribution is -0.136. The van der Waals surface area contributed by atoms with Gasteiger partial charge in [-0.25, -0.2) is 0 Å². The van der Waals surface area contributed by atoms with Crippen LogP contribution in [0.3, 0.4) is 0 Å². The standard InChI is InChI=1S/C46H45BrN4O6S/c1-2-3-22-56-35-13-15-37-40(24-35)58-43(31-4-8-32(47)9-5-31)42(37)57-34-11-6-29(7-12-34)30-18-20-49(21-19-30)25-28-26-50(27-28)33-10-14-36-38(23-33)46(55)51(45(36)54)39-16-17-41(52)48-44(39)53/h4-15,23-24,28,30,39H,2-3,16-22,25-27H2,1H3,(H,48,52,53). The van der Waals surface area contributed by atoms with Gasteiger partial charge in [-0.15, -0.1) is 11.3 Å². The molecule has 9 rings (SSSR count). The fourth-order valence-corrected chi connectivity index (χ4v) is 10.1. The lowest BCUT2D eigenvalue weighted by Gasteiger charge is -2.44. The number of carbonyl (C=O) groups is 4. The van der Waals surface area contributed by atoms with Crippen molar-refractivity contribution in [2.75, 3.05) is 44.2 Å². The Morgan fingerprint density at radius 2 is 1.57 bits per heavy atom. The lowest BCUT2D eigenvalue weighted by atomic mass is 9.88. The highest BCUT2D eigenvalue weighted by Gasteiger charge is 2.45. The molecule has 298 valence electrons. The van der Waals surface area contributed by atoms with E-state index >= 15 is 0 Å². The van der Waals surface area contributed by atoms with Crippen LogP contribution in [0.1, 0.15) is 77.6 Å². The zero-order valence-electron chi connectivity index (χ0n) is 32.4. The number of amides is 4. The van der Waals surface area contributed by atoms with Crippen LogP contribution in [0.5, 0.6) is 17.2 Å². The summed E-state index contributed by atoms with van der Waals surface area (Å²) in [7, 11) is 0. The van der Waals surface area contributed by atoms with Crippen LogP contribution in [-0.4, -0.2) is 78.8 Å². The number of anilines is 1. The number of ether oxygens (including phenoxy) is 2. The van der Waals surface area contributed by atoms with E-state index in [1.807, 2.05) is 12.1 Å². The van der Waals surface area contributed by atoms with E-state index in [0.717, 1.165) is 111 Å². The van der Waals surface area contributed by atoms with E-state index < -0.39 is 23.8 Å². The fourth-order valence-electron chi connectivity index (χ4n) is 8.66. The summed E-state index contributed by atoms with van der Waals surface area (Å²) < 4.78 is 14.9. The highest BCUT2D eigenvalue weighted by Crippen LogP contribution is 2.47. The molecule has 1 unspecified atom stereocenters. The Kier molecular flexibility index (Phi) is 10.8. The molecular weight excluding hydrogens is 816 g/mol. The molecule has 4 aliphatic rings. The first kappa shape index (κ1) is 38.5. The van der Waals surface area contributed by atoms with E-state index in [-0.39, 0.29) is 18.7 Å². The smallest absolute Gasteiger partial charge is 0.262 e. The molecule has 4 aliphatic heterocycles. The normalized spacial score (nSPS) is 19.1. The molecule has 3 fully saturated rings. The van der Waals surface area contributed by atoms with E-state index in [9.17, 15) is 19.2 Å². The molecule has 0 bridgehead atoms. The number of thiophene rings is 1. The fraction of sp³-hybridized carbons (Fsp3) is 0.348. The number of nitrogens with one attached hydrogen (secondary N) is 1. The molecule has 0 saturated carbocycles. The van der Waals surface area contributed by atoms with Crippen LogP contribution in [0, 0.1) is 5.92 Å². The molecule has 10 nitrogen and oxygen atoms in total. The molecule has 1 aromatic heterocycles. The number of unbranched alkanes of at least 4 members (excludes halogenated alkanes) is 1. The van der Waals surface area contributed by atoms with E-state index in [0.29, 0.717) is 29.6 Å². The molecule has 4 aromatic carbocycles. The summed E-state index contributed by atoms with van der Waals surface area (Å²) in [6.45, 7) is 7.78. The van der Waals surface area contributed by atoms with E-state index in [1.54, 1.807) is 23.5 Å². The first-order valence-corrected chi connectivity index (χ1v) is 21.9. The van der Waals surface area contributed by atoms with Crippen molar-refractivity contribution in [3.63, 3.8) is 0 Å². The lowest BCUT2D eigenvalue weighted by Crippen LogP contribution is -2.54. The highest BCUT2D eigenvalue weighted by molar-refractivity contribution is 9.10. The molecule has 0 radical (unpaired) electrons. The number of piperidine rings is 2. The summed E-state index contributed by atoms with van der Waals surface area (Å²) in [5.41, 5.74) is 4.00. The van der Waals surface area contributed by atoms with Gasteiger partial charge < -0.3 is 19.3 Å². The van der Waals surface area contributed by atoms with Crippen LogP contribution in [0.2, 0.25) is 0 Å². The Balaban J connectivity index is 0.789. The van der Waals surface area contributed by atoms with Gasteiger partial charge in [-0.05, 0) is 116 Å². The SMILES string of the molecule is CCCCOc1ccc2c(Oc3ccc(C4CCN(CC5CN(c6ccc7c(c6)C(=O)N(C6CCC(=O)NC6=O)C7=O)C5)CC4)cc3)c(-c3ccc(Br)cc3)sc2c1. The van der Waals surface area contributed by atoms with Gasteiger partial charge in [0.1, 0.15) is 17.5 Å². The Morgan fingerprint density at radius 1 is 0.828 bits per heavy atom. The minimum absolute atomic E-state index is 0.102. The summed E-state index contributed by atoms with van der Waals surface area (Å²) in [6.07, 6.45) is 4.59. The van der Waals surface area contributed by atoms with Gasteiger partial charge in [-0.2, -0.15) is 0 Å². The molecule has 4 amide bonds. The summed E-state index contributed by atoms with van der Waals surface area (Å²) in [5, 5.41) is 3.33. The number of halogens is 1. The molecule has 12 heteroatoms. The average Bonchev–Trinajstić information content (AvgIpc) is 3.69. The minimum atomic E-state index is -0.959. The van der Waals surface area contributed by atoms with Crippen LogP contribution in [0.15, 0.2) is 89.4 Å². The molecule has 0 aliphatic carbocycles. The van der Waals surface area contributed by atoms with Gasteiger partial charge in [0.25, 0.3) is 11.8 Å². The topological polar surface area (TPSA) is 108 Å². The summed E-state index contributed by atoms with van der Waals surface area (Å²) in [6, 6.07) is 27.7. The molecule has 5 heterocycles. The van der Waals surface area contributed by atoms with E-state index in [2.05, 4.69) is 98.6 Å². The molecule has 5 aromatic rings. The van der Waals surface area contributed by atoms with Crippen LogP contribution >= 0.6 is 27.3 Å². The van der Waals surface area contributed by atoms with Gasteiger partial charge >= 0.3 is 0 Å². The number of benzene rings is 4. The van der Waals surface area contributed by atoms with Crippen molar-refractivity contribution in [2.24, 2.45) is 5.92 Å². The average molecular weight is 862 g/mol. The molecular formula is C46H45BrN4O6S. The summed E-state index contributed by atoms with van der Waals surface area (Å²) >= 11 is 5.30. The van der Waals surface area contributed by atoms with Crippen molar-refractivity contribution in [2.45, 2.75) is 57.4 Å². The Labute approximate surface area is 350 Å². The predicted octanol–water partition coefficient (Wildman–Crippen LogP) is 9.02. The predicted molar refractivity (Wildman–Crippen MR) is 229 cm³/mol. The molecule has 3 saturated heterocycles. The number of fused-ring (bicyclic) bond motifs is 2. The summed E-state index contributed by atoms with van der Waals surface area (Å²) in [4.78, 5) is 57.4. The monoisotopic (exact) mass is 860 g/mol. The van der Waals surface area contributed by atoms with Gasteiger partial charge in [0.15, 0.2) is 5.75 Å². The van der Waals surface area contributed by atoms with Gasteiger partial charge in [-0.3, -0.25) is 29.4 Å². The van der Waals surface area contributed by atoms with Crippen molar-refractivity contribution >= 4 is 66.7 Å². The van der Waals surface area contributed by atoms with Crippen LogP contribution in [-0.2, 0) is 9.59 Å². The maximum absolute atomic E-state index is 13.3. The number of hydrogen-bond acceptors (Lipinski definition) is 9. The number of imide groups is 2. The number of likely N-dealkylation sites (tertiary alicyclic amines) is 1. The van der Waals surface area contributed by atoms with E-state index in [1.165, 1.54) is 5.56 Å². The third-order valence-corrected chi connectivity index (χ3v) is 13.6. The Hall–Kier alpha value is -5.04. The van der Waals surface area contributed by atoms with Gasteiger partial charge in [0, 0.05) is 52.2 Å².